The lowest BCUT2D eigenvalue weighted by Crippen LogP contribution is -2.31. The molecule has 21 heavy (non-hydrogen) atoms. The van der Waals surface area contributed by atoms with Gasteiger partial charge in [-0.2, -0.15) is 0 Å². The van der Waals surface area contributed by atoms with Crippen molar-refractivity contribution in [2.24, 2.45) is 5.92 Å². The van der Waals surface area contributed by atoms with E-state index in [4.69, 9.17) is 4.74 Å². The summed E-state index contributed by atoms with van der Waals surface area (Å²) in [5.74, 6) is 2.25. The van der Waals surface area contributed by atoms with Crippen LogP contribution >= 0.6 is 0 Å². The number of carbonyl (C=O) groups excluding carboxylic acids is 1. The smallest absolute Gasteiger partial charge is 0.233 e. The van der Waals surface area contributed by atoms with Gasteiger partial charge in [-0.15, -0.1) is 10.2 Å². The third-order valence-corrected chi connectivity index (χ3v) is 4.03. The lowest BCUT2D eigenvalue weighted by Gasteiger charge is -2.17. The van der Waals surface area contributed by atoms with Crippen molar-refractivity contribution in [3.05, 3.63) is 12.1 Å². The Morgan fingerprint density at radius 3 is 2.76 bits per heavy atom. The van der Waals surface area contributed by atoms with Crippen LogP contribution in [0.25, 0.3) is 0 Å². The Morgan fingerprint density at radius 1 is 1.33 bits per heavy atom. The first-order valence-electron chi connectivity index (χ1n) is 7.57. The molecule has 114 valence electrons. The second-order valence-corrected chi connectivity index (χ2v) is 6.14. The van der Waals surface area contributed by atoms with E-state index < -0.39 is 0 Å². The van der Waals surface area contributed by atoms with Crippen LogP contribution in [0.4, 0.5) is 5.82 Å². The maximum Gasteiger partial charge on any atom is 0.233 e. The molecule has 3 rings (SSSR count). The molecule has 0 radical (unpaired) electrons. The van der Waals surface area contributed by atoms with E-state index in [0.717, 1.165) is 18.8 Å². The number of rotatable bonds is 5. The van der Waals surface area contributed by atoms with Crippen molar-refractivity contribution in [3.8, 4) is 5.88 Å². The summed E-state index contributed by atoms with van der Waals surface area (Å²) in [6.07, 6.45) is 4.05. The fraction of sp³-hybridized carbons (Fsp3) is 0.667. The number of carbonyl (C=O) groups is 1. The lowest BCUT2D eigenvalue weighted by atomic mass is 10.2. The molecule has 2 aliphatic rings. The molecule has 1 saturated carbocycles. The average molecular weight is 290 g/mol. The van der Waals surface area contributed by atoms with Gasteiger partial charge in [-0.05, 0) is 24.8 Å². The summed E-state index contributed by atoms with van der Waals surface area (Å²) in [5, 5.41) is 8.17. The largest absolute Gasteiger partial charge is 0.471 e. The summed E-state index contributed by atoms with van der Waals surface area (Å²) in [4.78, 5) is 15.9. The highest BCUT2D eigenvalue weighted by Gasteiger charge is 2.31. The zero-order valence-corrected chi connectivity index (χ0v) is 12.7. The van der Waals surface area contributed by atoms with Gasteiger partial charge in [-0.3, -0.25) is 4.79 Å². The number of hydrogen-bond acceptors (Lipinski definition) is 5. The Morgan fingerprint density at radius 2 is 2.14 bits per heavy atom. The van der Waals surface area contributed by atoms with Crippen molar-refractivity contribution in [2.75, 3.05) is 32.1 Å². The highest BCUT2D eigenvalue weighted by molar-refractivity contribution is 5.77. The summed E-state index contributed by atoms with van der Waals surface area (Å²) in [6, 6.07) is 3.71. The molecule has 0 N–H and O–H groups in total. The number of aromatic nitrogens is 2. The molecule has 1 atom stereocenters. The molecule has 1 aromatic rings. The lowest BCUT2D eigenvalue weighted by molar-refractivity contribution is -0.130. The van der Waals surface area contributed by atoms with E-state index in [2.05, 4.69) is 10.2 Å². The first kappa shape index (κ1) is 14.1. The van der Waals surface area contributed by atoms with Crippen LogP contribution in [0.15, 0.2) is 12.1 Å². The standard InChI is InChI=1S/C15H22N4O2/c1-18(2)13-5-6-14(17-16-13)21-12-7-8-19(10-12)15(20)9-11-3-4-11/h5-6,11-12H,3-4,7-10H2,1-2H3. The van der Waals surface area contributed by atoms with E-state index in [1.165, 1.54) is 12.8 Å². The van der Waals surface area contributed by atoms with E-state index in [-0.39, 0.29) is 12.0 Å². The normalized spacial score (nSPS) is 21.4. The summed E-state index contributed by atoms with van der Waals surface area (Å²) >= 11 is 0. The maximum atomic E-state index is 12.1. The van der Waals surface area contributed by atoms with E-state index in [0.29, 0.717) is 24.8 Å². The van der Waals surface area contributed by atoms with Crippen molar-refractivity contribution in [3.63, 3.8) is 0 Å². The molecule has 0 aromatic carbocycles. The second-order valence-electron chi connectivity index (χ2n) is 6.14. The highest BCUT2D eigenvalue weighted by atomic mass is 16.5. The van der Waals surface area contributed by atoms with Crippen LogP contribution in [0, 0.1) is 5.92 Å². The van der Waals surface area contributed by atoms with E-state index in [9.17, 15) is 4.79 Å². The van der Waals surface area contributed by atoms with Gasteiger partial charge < -0.3 is 14.5 Å². The number of amides is 1. The third-order valence-electron chi connectivity index (χ3n) is 4.03. The topological polar surface area (TPSA) is 58.6 Å². The van der Waals surface area contributed by atoms with Gasteiger partial charge in [0.05, 0.1) is 6.54 Å². The molecule has 1 aromatic heterocycles. The molecule has 1 aliphatic heterocycles. The Kier molecular flexibility index (Phi) is 3.94. The first-order valence-corrected chi connectivity index (χ1v) is 7.57. The van der Waals surface area contributed by atoms with E-state index in [1.54, 1.807) is 0 Å². The Bertz CT molecular complexity index is 499. The van der Waals surface area contributed by atoms with Gasteiger partial charge >= 0.3 is 0 Å². The molecule has 0 bridgehead atoms. The van der Waals surface area contributed by atoms with Gasteiger partial charge in [-0.1, -0.05) is 0 Å². The minimum atomic E-state index is 0.0349. The van der Waals surface area contributed by atoms with Gasteiger partial charge in [0.1, 0.15) is 6.10 Å². The summed E-state index contributed by atoms with van der Waals surface area (Å²) in [6.45, 7) is 1.46. The summed E-state index contributed by atoms with van der Waals surface area (Å²) in [5.41, 5.74) is 0. The van der Waals surface area contributed by atoms with Crippen LogP contribution in [0.3, 0.4) is 0 Å². The van der Waals surface area contributed by atoms with Crippen molar-refractivity contribution in [2.45, 2.75) is 31.8 Å². The first-order chi connectivity index (χ1) is 10.1. The average Bonchev–Trinajstić information content (AvgIpc) is 3.15. The molecule has 1 amide bonds. The van der Waals surface area contributed by atoms with Crippen molar-refractivity contribution >= 4 is 11.7 Å². The van der Waals surface area contributed by atoms with Gasteiger partial charge in [-0.25, -0.2) is 0 Å². The van der Waals surface area contributed by atoms with Crippen LogP contribution < -0.4 is 9.64 Å². The zero-order valence-electron chi connectivity index (χ0n) is 12.7. The van der Waals surface area contributed by atoms with Crippen LogP contribution in [0.2, 0.25) is 0 Å². The fourth-order valence-corrected chi connectivity index (χ4v) is 2.53. The quantitative estimate of drug-likeness (QED) is 0.818. The number of hydrogen-bond donors (Lipinski definition) is 0. The van der Waals surface area contributed by atoms with E-state index in [1.807, 2.05) is 36.0 Å². The summed E-state index contributed by atoms with van der Waals surface area (Å²) < 4.78 is 5.83. The van der Waals surface area contributed by atoms with Crippen LogP contribution in [-0.2, 0) is 4.79 Å². The minimum Gasteiger partial charge on any atom is -0.471 e. The molecule has 1 unspecified atom stereocenters. The number of likely N-dealkylation sites (tertiary alicyclic amines) is 1. The number of anilines is 1. The molecule has 1 aliphatic carbocycles. The van der Waals surface area contributed by atoms with Crippen molar-refractivity contribution in [1.82, 2.24) is 15.1 Å². The van der Waals surface area contributed by atoms with Crippen LogP contribution in [0.5, 0.6) is 5.88 Å². The minimum absolute atomic E-state index is 0.0349. The third kappa shape index (κ3) is 3.62. The van der Waals surface area contributed by atoms with Crippen molar-refractivity contribution in [1.29, 1.82) is 0 Å². The number of nitrogens with zero attached hydrogens (tertiary/aromatic N) is 4. The predicted molar refractivity (Wildman–Crippen MR) is 79.3 cm³/mol. The van der Waals surface area contributed by atoms with Gasteiger partial charge in [0, 0.05) is 39.5 Å². The molecule has 0 spiro atoms. The van der Waals surface area contributed by atoms with Gasteiger partial charge in [0.25, 0.3) is 0 Å². The zero-order chi connectivity index (χ0) is 14.8. The molecular formula is C15H22N4O2. The van der Waals surface area contributed by atoms with Crippen LogP contribution in [0.1, 0.15) is 25.7 Å². The van der Waals surface area contributed by atoms with Gasteiger partial charge in [0.2, 0.25) is 11.8 Å². The highest BCUT2D eigenvalue weighted by Crippen LogP contribution is 2.33. The molecule has 1 saturated heterocycles. The maximum absolute atomic E-state index is 12.1. The molecule has 2 fully saturated rings. The second kappa shape index (κ2) is 5.87. The molecule has 6 nitrogen and oxygen atoms in total. The molecular weight excluding hydrogens is 268 g/mol. The van der Waals surface area contributed by atoms with Crippen LogP contribution in [-0.4, -0.2) is 54.3 Å². The Balaban J connectivity index is 1.50. The predicted octanol–water partition coefficient (Wildman–Crippen LogP) is 1.32. The SMILES string of the molecule is CN(C)c1ccc(OC2CCN(C(=O)CC3CC3)C2)nn1. The van der Waals surface area contributed by atoms with E-state index >= 15 is 0 Å². The van der Waals surface area contributed by atoms with Gasteiger partial charge in [0.15, 0.2) is 5.82 Å². The Labute approximate surface area is 125 Å². The summed E-state index contributed by atoms with van der Waals surface area (Å²) in [7, 11) is 3.84. The Hall–Kier alpha value is -1.85. The molecule has 6 heteroatoms. The number of ether oxygens (including phenoxy) is 1. The monoisotopic (exact) mass is 290 g/mol. The molecule has 2 heterocycles. The fourth-order valence-electron chi connectivity index (χ4n) is 2.53. The van der Waals surface area contributed by atoms with Crippen molar-refractivity contribution < 1.29 is 9.53 Å².